The molecule has 1 heterocycles. The molecule has 0 aromatic heterocycles. The predicted molar refractivity (Wildman–Crippen MR) is 64.1 cm³/mol. The van der Waals surface area contributed by atoms with Gasteiger partial charge in [-0.05, 0) is 44.2 Å². The van der Waals surface area contributed by atoms with Gasteiger partial charge in [-0.15, -0.1) is 0 Å². The maximum absolute atomic E-state index is 5.63. The van der Waals surface area contributed by atoms with Gasteiger partial charge in [0.15, 0.2) is 0 Å². The van der Waals surface area contributed by atoms with Crippen molar-refractivity contribution in [2.75, 3.05) is 24.7 Å². The number of rotatable bonds is 7. The lowest BCUT2D eigenvalue weighted by atomic mass is 10.1. The SMILES string of the molecule is CCSCCCNC(C)C1CCCO1. The molecule has 1 fully saturated rings. The fourth-order valence-corrected chi connectivity index (χ4v) is 2.41. The predicted octanol–water partition coefficient (Wildman–Crippen LogP) is 2.29. The number of hydrogen-bond donors (Lipinski definition) is 1. The number of hydrogen-bond acceptors (Lipinski definition) is 3. The number of nitrogens with one attached hydrogen (secondary N) is 1. The summed E-state index contributed by atoms with van der Waals surface area (Å²) < 4.78 is 5.63. The molecule has 0 aliphatic carbocycles. The molecule has 1 rings (SSSR count). The molecule has 0 radical (unpaired) electrons. The van der Waals surface area contributed by atoms with Crippen LogP contribution in [0.15, 0.2) is 0 Å². The Morgan fingerprint density at radius 3 is 3.07 bits per heavy atom. The molecule has 0 spiro atoms. The Labute approximate surface area is 92.2 Å². The van der Waals surface area contributed by atoms with Crippen LogP contribution in [0.5, 0.6) is 0 Å². The second kappa shape index (κ2) is 7.55. The first-order chi connectivity index (χ1) is 6.84. The minimum Gasteiger partial charge on any atom is -0.377 e. The van der Waals surface area contributed by atoms with E-state index in [4.69, 9.17) is 4.74 Å². The van der Waals surface area contributed by atoms with E-state index < -0.39 is 0 Å². The molecule has 3 heteroatoms. The molecule has 1 saturated heterocycles. The van der Waals surface area contributed by atoms with E-state index in [1.165, 1.54) is 30.8 Å². The van der Waals surface area contributed by atoms with Gasteiger partial charge in [-0.3, -0.25) is 0 Å². The Morgan fingerprint density at radius 1 is 1.57 bits per heavy atom. The molecule has 1 N–H and O–H groups in total. The first-order valence-electron chi connectivity index (χ1n) is 5.77. The van der Waals surface area contributed by atoms with Gasteiger partial charge in [-0.25, -0.2) is 0 Å². The Kier molecular flexibility index (Phi) is 6.65. The van der Waals surface area contributed by atoms with E-state index in [0.717, 1.165) is 13.2 Å². The normalized spacial score (nSPS) is 24.0. The van der Waals surface area contributed by atoms with Crippen molar-refractivity contribution in [2.45, 2.75) is 45.3 Å². The summed E-state index contributed by atoms with van der Waals surface area (Å²) in [4.78, 5) is 0. The monoisotopic (exact) mass is 217 g/mol. The molecule has 0 saturated carbocycles. The van der Waals surface area contributed by atoms with E-state index in [-0.39, 0.29) is 0 Å². The van der Waals surface area contributed by atoms with Gasteiger partial charge >= 0.3 is 0 Å². The van der Waals surface area contributed by atoms with Gasteiger partial charge in [-0.1, -0.05) is 6.92 Å². The maximum atomic E-state index is 5.63. The van der Waals surface area contributed by atoms with Crippen LogP contribution in [0.25, 0.3) is 0 Å². The minimum absolute atomic E-state index is 0.467. The molecule has 1 aliphatic rings. The Hall–Kier alpha value is 0.270. The molecular formula is C11H23NOS. The molecule has 2 nitrogen and oxygen atoms in total. The van der Waals surface area contributed by atoms with Crippen LogP contribution in [0.3, 0.4) is 0 Å². The van der Waals surface area contributed by atoms with E-state index in [0.29, 0.717) is 12.1 Å². The van der Waals surface area contributed by atoms with Crippen molar-refractivity contribution in [2.24, 2.45) is 0 Å². The van der Waals surface area contributed by atoms with Gasteiger partial charge < -0.3 is 10.1 Å². The fourth-order valence-electron chi connectivity index (χ4n) is 1.78. The van der Waals surface area contributed by atoms with Crippen LogP contribution in [0, 0.1) is 0 Å². The summed E-state index contributed by atoms with van der Waals surface area (Å²) in [6, 6.07) is 0.532. The van der Waals surface area contributed by atoms with E-state index in [2.05, 4.69) is 19.2 Å². The van der Waals surface area contributed by atoms with Crippen molar-refractivity contribution in [1.29, 1.82) is 0 Å². The summed E-state index contributed by atoms with van der Waals surface area (Å²) in [6.45, 7) is 6.55. The zero-order valence-electron chi connectivity index (χ0n) is 9.42. The summed E-state index contributed by atoms with van der Waals surface area (Å²) in [7, 11) is 0. The highest BCUT2D eigenvalue weighted by Gasteiger charge is 2.21. The summed E-state index contributed by atoms with van der Waals surface area (Å²) in [5.41, 5.74) is 0. The van der Waals surface area contributed by atoms with E-state index in [9.17, 15) is 0 Å². The Morgan fingerprint density at radius 2 is 2.43 bits per heavy atom. The Bertz CT molecular complexity index is 137. The van der Waals surface area contributed by atoms with Gasteiger partial charge in [0.05, 0.1) is 6.10 Å². The smallest absolute Gasteiger partial charge is 0.0726 e. The maximum Gasteiger partial charge on any atom is 0.0726 e. The van der Waals surface area contributed by atoms with Gasteiger partial charge in [0.2, 0.25) is 0 Å². The van der Waals surface area contributed by atoms with Crippen molar-refractivity contribution in [1.82, 2.24) is 5.32 Å². The largest absolute Gasteiger partial charge is 0.377 e. The van der Waals surface area contributed by atoms with Crippen molar-refractivity contribution in [3.05, 3.63) is 0 Å². The van der Waals surface area contributed by atoms with Crippen molar-refractivity contribution >= 4 is 11.8 Å². The molecule has 0 aromatic carbocycles. The van der Waals surface area contributed by atoms with Gasteiger partial charge in [0.25, 0.3) is 0 Å². The third-order valence-corrected chi connectivity index (χ3v) is 3.64. The molecule has 14 heavy (non-hydrogen) atoms. The van der Waals surface area contributed by atoms with Crippen LogP contribution in [-0.2, 0) is 4.74 Å². The summed E-state index contributed by atoms with van der Waals surface area (Å²) in [5, 5.41) is 3.55. The van der Waals surface area contributed by atoms with E-state index >= 15 is 0 Å². The molecule has 2 unspecified atom stereocenters. The van der Waals surface area contributed by atoms with Crippen LogP contribution in [0.1, 0.15) is 33.1 Å². The van der Waals surface area contributed by atoms with Crippen LogP contribution < -0.4 is 5.32 Å². The van der Waals surface area contributed by atoms with Gasteiger partial charge in [0, 0.05) is 12.6 Å². The van der Waals surface area contributed by atoms with E-state index in [1.807, 2.05) is 11.8 Å². The highest BCUT2D eigenvalue weighted by molar-refractivity contribution is 7.99. The lowest BCUT2D eigenvalue weighted by Gasteiger charge is -2.19. The molecule has 84 valence electrons. The zero-order chi connectivity index (χ0) is 10.2. The zero-order valence-corrected chi connectivity index (χ0v) is 10.2. The molecule has 2 atom stereocenters. The lowest BCUT2D eigenvalue weighted by Crippen LogP contribution is -2.37. The molecule has 0 amide bonds. The van der Waals surface area contributed by atoms with Gasteiger partial charge in [-0.2, -0.15) is 11.8 Å². The van der Waals surface area contributed by atoms with Crippen LogP contribution >= 0.6 is 11.8 Å². The molecule has 0 bridgehead atoms. The quantitative estimate of drug-likeness (QED) is 0.661. The molecule has 0 aromatic rings. The van der Waals surface area contributed by atoms with Crippen LogP contribution in [0.2, 0.25) is 0 Å². The summed E-state index contributed by atoms with van der Waals surface area (Å²) >= 11 is 2.02. The van der Waals surface area contributed by atoms with E-state index in [1.54, 1.807) is 0 Å². The minimum atomic E-state index is 0.467. The molecular weight excluding hydrogens is 194 g/mol. The van der Waals surface area contributed by atoms with Gasteiger partial charge in [0.1, 0.15) is 0 Å². The first kappa shape index (κ1) is 12.3. The fraction of sp³-hybridized carbons (Fsp3) is 1.00. The number of ether oxygens (including phenoxy) is 1. The summed E-state index contributed by atoms with van der Waals surface area (Å²) in [6.07, 6.45) is 4.21. The van der Waals surface area contributed by atoms with Crippen molar-refractivity contribution in [3.63, 3.8) is 0 Å². The van der Waals surface area contributed by atoms with Crippen molar-refractivity contribution < 1.29 is 4.74 Å². The standard InChI is InChI=1S/C11H23NOS/c1-3-14-9-5-7-12-10(2)11-6-4-8-13-11/h10-12H,3-9H2,1-2H3. The number of thioether (sulfide) groups is 1. The highest BCUT2D eigenvalue weighted by Crippen LogP contribution is 2.15. The third kappa shape index (κ3) is 4.67. The highest BCUT2D eigenvalue weighted by atomic mass is 32.2. The topological polar surface area (TPSA) is 21.3 Å². The van der Waals surface area contributed by atoms with Crippen molar-refractivity contribution in [3.8, 4) is 0 Å². The van der Waals surface area contributed by atoms with Crippen LogP contribution in [0.4, 0.5) is 0 Å². The Balaban J connectivity index is 1.94. The summed E-state index contributed by atoms with van der Waals surface area (Å²) in [5.74, 6) is 2.52. The van der Waals surface area contributed by atoms with Crippen LogP contribution in [-0.4, -0.2) is 36.8 Å². The first-order valence-corrected chi connectivity index (χ1v) is 6.92. The average Bonchev–Trinajstić information content (AvgIpc) is 2.70. The molecule has 1 aliphatic heterocycles. The third-order valence-electron chi connectivity index (χ3n) is 2.66. The lowest BCUT2D eigenvalue weighted by molar-refractivity contribution is 0.0839. The second-order valence-corrected chi connectivity index (χ2v) is 5.24. The average molecular weight is 217 g/mol. The second-order valence-electron chi connectivity index (χ2n) is 3.84.